The number of methoxy groups -OCH3 is 4. The molecule has 0 atom stereocenters. The van der Waals surface area contributed by atoms with E-state index in [0.29, 0.717) is 34.4 Å². The van der Waals surface area contributed by atoms with E-state index in [1.807, 2.05) is 48.5 Å². The molecule has 28 heavy (non-hydrogen) atoms. The van der Waals surface area contributed by atoms with E-state index in [2.05, 4.69) is 0 Å². The van der Waals surface area contributed by atoms with E-state index in [1.54, 1.807) is 28.4 Å². The molecule has 0 unspecified atom stereocenters. The maximum absolute atomic E-state index is 6.11. The Morgan fingerprint density at radius 3 is 1.71 bits per heavy atom. The molecule has 0 saturated carbocycles. The molecule has 3 aromatic rings. The number of benzene rings is 3. The molecule has 4 N–H and O–H groups in total. The van der Waals surface area contributed by atoms with Crippen molar-refractivity contribution < 1.29 is 18.9 Å². The molecule has 0 bridgehead atoms. The van der Waals surface area contributed by atoms with Crippen molar-refractivity contribution in [1.29, 1.82) is 0 Å². The summed E-state index contributed by atoms with van der Waals surface area (Å²) in [6.45, 7) is 0. The number of nitrogen functional groups attached to an aromatic ring is 2. The Labute approximate surface area is 164 Å². The number of hydrogen-bond acceptors (Lipinski definition) is 6. The largest absolute Gasteiger partial charge is 0.493 e. The van der Waals surface area contributed by atoms with Crippen LogP contribution in [0.2, 0.25) is 0 Å². The Balaban J connectivity index is 2.34. The minimum Gasteiger partial charge on any atom is -0.493 e. The molecule has 0 saturated heterocycles. The van der Waals surface area contributed by atoms with Crippen LogP contribution in [0.15, 0.2) is 48.5 Å². The van der Waals surface area contributed by atoms with Crippen LogP contribution >= 0.6 is 0 Å². The lowest BCUT2D eigenvalue weighted by atomic mass is 9.92. The fraction of sp³-hybridized carbons (Fsp3) is 0.182. The highest BCUT2D eigenvalue weighted by molar-refractivity contribution is 5.91. The van der Waals surface area contributed by atoms with E-state index < -0.39 is 0 Å². The van der Waals surface area contributed by atoms with Gasteiger partial charge in [0.1, 0.15) is 0 Å². The van der Waals surface area contributed by atoms with Crippen LogP contribution in [0.1, 0.15) is 0 Å². The zero-order valence-electron chi connectivity index (χ0n) is 16.4. The first-order chi connectivity index (χ1) is 13.5. The number of rotatable bonds is 6. The normalized spacial score (nSPS) is 10.4. The maximum Gasteiger partial charge on any atom is 0.207 e. The van der Waals surface area contributed by atoms with Gasteiger partial charge in [0.15, 0.2) is 11.5 Å². The Morgan fingerprint density at radius 2 is 1.14 bits per heavy atom. The Hall–Kier alpha value is -3.54. The molecule has 0 aliphatic heterocycles. The topological polar surface area (TPSA) is 89.0 Å². The second-order valence-electron chi connectivity index (χ2n) is 6.15. The van der Waals surface area contributed by atoms with Crippen LogP contribution in [0.4, 0.5) is 11.4 Å². The molecule has 3 aromatic carbocycles. The zero-order valence-corrected chi connectivity index (χ0v) is 16.4. The number of anilines is 2. The predicted octanol–water partition coefficient (Wildman–Crippen LogP) is 4.22. The number of ether oxygens (including phenoxy) is 4. The van der Waals surface area contributed by atoms with Crippen LogP contribution < -0.4 is 30.4 Å². The highest BCUT2D eigenvalue weighted by Gasteiger charge is 2.24. The minimum atomic E-state index is 0.449. The average molecular weight is 380 g/mol. The SMILES string of the molecule is COc1cc(-c2cc(N)ccc2-c2ccc(N)cc2)c(OC)c(OC)c1OC. The van der Waals surface area contributed by atoms with Gasteiger partial charge in [0.05, 0.1) is 28.4 Å². The molecule has 0 amide bonds. The first-order valence-electron chi connectivity index (χ1n) is 8.66. The Kier molecular flexibility index (Phi) is 5.49. The van der Waals surface area contributed by atoms with Crippen LogP contribution in [-0.4, -0.2) is 28.4 Å². The summed E-state index contributed by atoms with van der Waals surface area (Å²) in [6.07, 6.45) is 0. The predicted molar refractivity (Wildman–Crippen MR) is 112 cm³/mol. The van der Waals surface area contributed by atoms with Crippen molar-refractivity contribution >= 4 is 11.4 Å². The van der Waals surface area contributed by atoms with Crippen LogP contribution in [0, 0.1) is 0 Å². The number of hydrogen-bond donors (Lipinski definition) is 2. The molecule has 6 heteroatoms. The third-order valence-electron chi connectivity index (χ3n) is 4.54. The monoisotopic (exact) mass is 380 g/mol. The Bertz CT molecular complexity index is 985. The summed E-state index contributed by atoms with van der Waals surface area (Å²) < 4.78 is 22.3. The van der Waals surface area contributed by atoms with Crippen LogP contribution in [0.25, 0.3) is 22.3 Å². The van der Waals surface area contributed by atoms with Crippen LogP contribution in [0.3, 0.4) is 0 Å². The first-order valence-corrected chi connectivity index (χ1v) is 8.66. The average Bonchev–Trinajstić information content (AvgIpc) is 2.72. The summed E-state index contributed by atoms with van der Waals surface area (Å²) in [5, 5.41) is 0. The first kappa shape index (κ1) is 19.2. The van der Waals surface area contributed by atoms with Gasteiger partial charge in [0, 0.05) is 16.9 Å². The van der Waals surface area contributed by atoms with E-state index >= 15 is 0 Å². The van der Waals surface area contributed by atoms with Gasteiger partial charge in [-0.3, -0.25) is 0 Å². The summed E-state index contributed by atoms with van der Waals surface area (Å²) in [5.41, 5.74) is 16.9. The molecule has 0 spiro atoms. The summed E-state index contributed by atoms with van der Waals surface area (Å²) >= 11 is 0. The quantitative estimate of drug-likeness (QED) is 0.623. The van der Waals surface area contributed by atoms with Crippen molar-refractivity contribution in [2.45, 2.75) is 0 Å². The molecular formula is C22H24N2O4. The van der Waals surface area contributed by atoms with Gasteiger partial charge in [0.25, 0.3) is 0 Å². The van der Waals surface area contributed by atoms with Gasteiger partial charge >= 0.3 is 0 Å². The van der Waals surface area contributed by atoms with Gasteiger partial charge in [-0.2, -0.15) is 0 Å². The summed E-state index contributed by atoms with van der Waals surface area (Å²) in [4.78, 5) is 0. The fourth-order valence-corrected chi connectivity index (χ4v) is 3.23. The third kappa shape index (κ3) is 3.36. The van der Waals surface area contributed by atoms with E-state index in [1.165, 1.54) is 0 Å². The molecule has 3 rings (SSSR count). The Morgan fingerprint density at radius 1 is 0.536 bits per heavy atom. The minimum absolute atomic E-state index is 0.449. The van der Waals surface area contributed by atoms with Gasteiger partial charge in [-0.25, -0.2) is 0 Å². The van der Waals surface area contributed by atoms with Crippen molar-refractivity contribution in [3.8, 4) is 45.3 Å². The second-order valence-corrected chi connectivity index (χ2v) is 6.15. The third-order valence-corrected chi connectivity index (χ3v) is 4.54. The van der Waals surface area contributed by atoms with Gasteiger partial charge in [-0.05, 0) is 47.0 Å². The summed E-state index contributed by atoms with van der Waals surface area (Å²) in [6, 6.07) is 15.2. The maximum atomic E-state index is 6.11. The lowest BCUT2D eigenvalue weighted by Crippen LogP contribution is -2.01. The zero-order chi connectivity index (χ0) is 20.3. The van der Waals surface area contributed by atoms with E-state index in [-0.39, 0.29) is 0 Å². The van der Waals surface area contributed by atoms with E-state index in [0.717, 1.165) is 22.3 Å². The van der Waals surface area contributed by atoms with Crippen molar-refractivity contribution in [1.82, 2.24) is 0 Å². The van der Waals surface area contributed by atoms with E-state index in [9.17, 15) is 0 Å². The lowest BCUT2D eigenvalue weighted by molar-refractivity contribution is 0.306. The van der Waals surface area contributed by atoms with Crippen molar-refractivity contribution in [2.75, 3.05) is 39.9 Å². The molecule has 0 aliphatic rings. The van der Waals surface area contributed by atoms with Gasteiger partial charge in [0.2, 0.25) is 11.5 Å². The van der Waals surface area contributed by atoms with Crippen molar-refractivity contribution in [2.24, 2.45) is 0 Å². The lowest BCUT2D eigenvalue weighted by Gasteiger charge is -2.20. The highest BCUT2D eigenvalue weighted by atomic mass is 16.5. The standard InChI is InChI=1S/C22H24N2O4/c1-25-19-12-18(20(26-2)22(28-4)21(19)27-3)17-11-15(24)9-10-16(17)13-5-7-14(23)8-6-13/h5-12H,23-24H2,1-4H3. The molecule has 0 fully saturated rings. The molecule has 0 aromatic heterocycles. The molecular weight excluding hydrogens is 356 g/mol. The van der Waals surface area contributed by atoms with Gasteiger partial charge < -0.3 is 30.4 Å². The van der Waals surface area contributed by atoms with Gasteiger partial charge in [-0.1, -0.05) is 18.2 Å². The molecule has 146 valence electrons. The molecule has 0 heterocycles. The van der Waals surface area contributed by atoms with Crippen molar-refractivity contribution in [3.05, 3.63) is 48.5 Å². The van der Waals surface area contributed by atoms with Crippen LogP contribution in [0.5, 0.6) is 23.0 Å². The summed E-state index contributed by atoms with van der Waals surface area (Å²) in [7, 11) is 6.28. The van der Waals surface area contributed by atoms with Crippen LogP contribution in [-0.2, 0) is 0 Å². The van der Waals surface area contributed by atoms with Gasteiger partial charge in [-0.15, -0.1) is 0 Å². The molecule has 0 radical (unpaired) electrons. The molecule has 6 nitrogen and oxygen atoms in total. The van der Waals surface area contributed by atoms with E-state index in [4.69, 9.17) is 30.4 Å². The van der Waals surface area contributed by atoms with Crippen molar-refractivity contribution in [3.63, 3.8) is 0 Å². The highest BCUT2D eigenvalue weighted by Crippen LogP contribution is 2.51. The number of nitrogens with two attached hydrogens (primary N) is 2. The molecule has 0 aliphatic carbocycles. The smallest absolute Gasteiger partial charge is 0.207 e. The summed E-state index contributed by atoms with van der Waals surface area (Å²) in [5.74, 6) is 1.97. The fourth-order valence-electron chi connectivity index (χ4n) is 3.23. The second kappa shape index (κ2) is 8.00.